The quantitative estimate of drug-likeness (QED) is 0.379. The Balaban J connectivity index is 1.36. The number of anilines is 1. The van der Waals surface area contributed by atoms with Crippen LogP contribution in [0.25, 0.3) is 10.8 Å². The molecule has 6 nitrogen and oxygen atoms in total. The van der Waals surface area contributed by atoms with Crippen LogP contribution in [0.1, 0.15) is 22.8 Å². The van der Waals surface area contributed by atoms with Gasteiger partial charge >= 0.3 is 0 Å². The van der Waals surface area contributed by atoms with E-state index in [-0.39, 0.29) is 12.5 Å². The lowest BCUT2D eigenvalue weighted by molar-refractivity contribution is 0.102. The molecule has 0 atom stereocenters. The fraction of sp³-hybridized carbons (Fsp3) is 0.179. The van der Waals surface area contributed by atoms with Gasteiger partial charge in [0.2, 0.25) is 0 Å². The summed E-state index contributed by atoms with van der Waals surface area (Å²) in [6.07, 6.45) is 0. The van der Waals surface area contributed by atoms with Crippen molar-refractivity contribution in [3.63, 3.8) is 0 Å². The Morgan fingerprint density at radius 3 is 2.56 bits per heavy atom. The SMILES string of the molecule is CCOc1ccc(C(=O)Nc2ccc3c(c2)OCCO3)cc1COc1cccc2ccccc12. The van der Waals surface area contributed by atoms with E-state index >= 15 is 0 Å². The second kappa shape index (κ2) is 9.75. The van der Waals surface area contributed by atoms with Crippen LogP contribution in [-0.2, 0) is 6.61 Å². The maximum atomic E-state index is 13.0. The van der Waals surface area contributed by atoms with E-state index in [4.69, 9.17) is 18.9 Å². The van der Waals surface area contributed by atoms with Crippen molar-refractivity contribution in [1.82, 2.24) is 0 Å². The summed E-state index contributed by atoms with van der Waals surface area (Å²) in [5.74, 6) is 2.55. The van der Waals surface area contributed by atoms with Gasteiger partial charge in [-0.15, -0.1) is 0 Å². The first-order chi connectivity index (χ1) is 16.7. The van der Waals surface area contributed by atoms with E-state index in [0.717, 1.165) is 22.1 Å². The minimum absolute atomic E-state index is 0.230. The summed E-state index contributed by atoms with van der Waals surface area (Å²) in [7, 11) is 0. The number of nitrogens with one attached hydrogen (secondary N) is 1. The lowest BCUT2D eigenvalue weighted by atomic mass is 10.1. The monoisotopic (exact) mass is 455 g/mol. The Hall–Kier alpha value is -4.19. The molecule has 1 N–H and O–H groups in total. The third kappa shape index (κ3) is 4.62. The Bertz CT molecular complexity index is 1330. The number of fused-ring (bicyclic) bond motifs is 2. The number of ether oxygens (including phenoxy) is 4. The van der Waals surface area contributed by atoms with Crippen molar-refractivity contribution in [2.24, 2.45) is 0 Å². The number of hydrogen-bond donors (Lipinski definition) is 1. The molecule has 1 amide bonds. The van der Waals surface area contributed by atoms with Gasteiger partial charge in [0.1, 0.15) is 31.3 Å². The first kappa shape index (κ1) is 21.6. The van der Waals surface area contributed by atoms with Crippen molar-refractivity contribution in [3.8, 4) is 23.0 Å². The van der Waals surface area contributed by atoms with Crippen LogP contribution in [0.4, 0.5) is 5.69 Å². The maximum Gasteiger partial charge on any atom is 0.255 e. The number of rotatable bonds is 7. The average Bonchev–Trinajstić information content (AvgIpc) is 2.88. The van der Waals surface area contributed by atoms with Gasteiger partial charge in [0.05, 0.1) is 6.61 Å². The van der Waals surface area contributed by atoms with Crippen LogP contribution in [0.3, 0.4) is 0 Å². The molecule has 0 unspecified atom stereocenters. The summed E-state index contributed by atoms with van der Waals surface area (Å²) in [5.41, 5.74) is 1.94. The van der Waals surface area contributed by atoms with Crippen LogP contribution >= 0.6 is 0 Å². The molecule has 0 aliphatic carbocycles. The van der Waals surface area contributed by atoms with Crippen LogP contribution in [-0.4, -0.2) is 25.7 Å². The predicted molar refractivity (Wildman–Crippen MR) is 131 cm³/mol. The number of hydrogen-bond acceptors (Lipinski definition) is 5. The Morgan fingerprint density at radius 2 is 1.68 bits per heavy atom. The summed E-state index contributed by atoms with van der Waals surface area (Å²) in [5, 5.41) is 5.08. The van der Waals surface area contributed by atoms with E-state index in [1.165, 1.54) is 0 Å². The molecule has 0 spiro atoms. The number of carbonyl (C=O) groups excluding carboxylic acids is 1. The molecule has 4 aromatic rings. The topological polar surface area (TPSA) is 66.0 Å². The first-order valence-corrected chi connectivity index (χ1v) is 11.3. The molecule has 1 heterocycles. The third-order valence-electron chi connectivity index (χ3n) is 5.56. The summed E-state index contributed by atoms with van der Waals surface area (Å²) in [6.45, 7) is 3.73. The highest BCUT2D eigenvalue weighted by Gasteiger charge is 2.15. The van der Waals surface area contributed by atoms with Crippen molar-refractivity contribution in [2.75, 3.05) is 25.1 Å². The number of carbonyl (C=O) groups is 1. The zero-order chi connectivity index (χ0) is 23.3. The number of benzene rings is 4. The molecular formula is C28H25NO5. The maximum absolute atomic E-state index is 13.0. The fourth-order valence-electron chi connectivity index (χ4n) is 3.93. The molecule has 34 heavy (non-hydrogen) atoms. The van der Waals surface area contributed by atoms with Gasteiger partial charge in [-0.25, -0.2) is 0 Å². The van der Waals surface area contributed by atoms with Crippen LogP contribution in [0.2, 0.25) is 0 Å². The van der Waals surface area contributed by atoms with Gasteiger partial charge in [-0.2, -0.15) is 0 Å². The zero-order valence-corrected chi connectivity index (χ0v) is 18.9. The van der Waals surface area contributed by atoms with E-state index in [1.54, 1.807) is 24.3 Å². The largest absolute Gasteiger partial charge is 0.493 e. The Morgan fingerprint density at radius 1 is 0.853 bits per heavy atom. The normalized spacial score (nSPS) is 12.3. The molecule has 0 fully saturated rings. The van der Waals surface area contributed by atoms with E-state index in [2.05, 4.69) is 17.4 Å². The van der Waals surface area contributed by atoms with Crippen molar-refractivity contribution >= 4 is 22.4 Å². The third-order valence-corrected chi connectivity index (χ3v) is 5.56. The summed E-state index contributed by atoms with van der Waals surface area (Å²) < 4.78 is 23.1. The number of amides is 1. The highest BCUT2D eigenvalue weighted by molar-refractivity contribution is 6.04. The van der Waals surface area contributed by atoms with Gasteiger partial charge in [0.25, 0.3) is 5.91 Å². The molecule has 0 radical (unpaired) electrons. The van der Waals surface area contributed by atoms with Crippen LogP contribution in [0, 0.1) is 0 Å². The molecule has 0 bridgehead atoms. The van der Waals surface area contributed by atoms with Gasteiger partial charge in [-0.05, 0) is 48.7 Å². The van der Waals surface area contributed by atoms with E-state index < -0.39 is 0 Å². The van der Waals surface area contributed by atoms with Gasteiger partial charge in [0, 0.05) is 28.3 Å². The molecule has 0 saturated heterocycles. The highest BCUT2D eigenvalue weighted by Crippen LogP contribution is 2.33. The molecular weight excluding hydrogens is 430 g/mol. The first-order valence-electron chi connectivity index (χ1n) is 11.3. The van der Waals surface area contributed by atoms with E-state index in [1.807, 2.05) is 49.4 Å². The molecule has 6 heteroatoms. The Labute approximate surface area is 198 Å². The minimum atomic E-state index is -0.230. The predicted octanol–water partition coefficient (Wildman–Crippen LogP) is 5.84. The Kier molecular flexibility index (Phi) is 6.21. The van der Waals surface area contributed by atoms with Gasteiger partial charge < -0.3 is 24.3 Å². The second-order valence-corrected chi connectivity index (χ2v) is 7.83. The zero-order valence-electron chi connectivity index (χ0n) is 18.9. The molecule has 1 aliphatic heterocycles. The highest BCUT2D eigenvalue weighted by atomic mass is 16.6. The fourth-order valence-corrected chi connectivity index (χ4v) is 3.93. The molecule has 0 saturated carbocycles. The van der Waals surface area contributed by atoms with Gasteiger partial charge in [0.15, 0.2) is 11.5 Å². The van der Waals surface area contributed by atoms with Gasteiger partial charge in [-0.1, -0.05) is 36.4 Å². The standard InChI is InChI=1S/C28H25NO5/c1-2-31-24-12-10-20(28(30)29-22-11-13-26-27(17-22)33-15-14-32-26)16-21(24)18-34-25-9-5-7-19-6-3-4-8-23(19)25/h3-13,16-17H,2,14-15,18H2,1H3,(H,29,30). The molecule has 172 valence electrons. The lowest BCUT2D eigenvalue weighted by Crippen LogP contribution is -2.16. The van der Waals surface area contributed by atoms with Gasteiger partial charge in [-0.3, -0.25) is 4.79 Å². The smallest absolute Gasteiger partial charge is 0.255 e. The average molecular weight is 456 g/mol. The molecule has 0 aromatic heterocycles. The lowest BCUT2D eigenvalue weighted by Gasteiger charge is -2.19. The molecule has 1 aliphatic rings. The van der Waals surface area contributed by atoms with Crippen LogP contribution in [0.15, 0.2) is 78.9 Å². The second-order valence-electron chi connectivity index (χ2n) is 7.83. The van der Waals surface area contributed by atoms with Crippen molar-refractivity contribution in [2.45, 2.75) is 13.5 Å². The van der Waals surface area contributed by atoms with Crippen molar-refractivity contribution < 1.29 is 23.7 Å². The summed E-state index contributed by atoms with van der Waals surface area (Å²) in [4.78, 5) is 13.0. The van der Waals surface area contributed by atoms with Crippen molar-refractivity contribution in [3.05, 3.63) is 90.0 Å². The van der Waals surface area contributed by atoms with Crippen LogP contribution in [0.5, 0.6) is 23.0 Å². The summed E-state index contributed by atoms with van der Waals surface area (Å²) in [6, 6.07) is 24.8. The van der Waals surface area contributed by atoms with Crippen molar-refractivity contribution in [1.29, 1.82) is 0 Å². The van der Waals surface area contributed by atoms with E-state index in [9.17, 15) is 4.79 Å². The van der Waals surface area contributed by atoms with E-state index in [0.29, 0.717) is 48.3 Å². The van der Waals surface area contributed by atoms with Crippen LogP contribution < -0.4 is 24.3 Å². The molecule has 5 rings (SSSR count). The summed E-state index contributed by atoms with van der Waals surface area (Å²) >= 11 is 0. The minimum Gasteiger partial charge on any atom is -0.493 e. The molecule has 4 aromatic carbocycles.